The number of pyridine rings is 1. The summed E-state index contributed by atoms with van der Waals surface area (Å²) in [7, 11) is 0. The first-order valence-electron chi connectivity index (χ1n) is 6.38. The van der Waals surface area contributed by atoms with Crippen LogP contribution in [0.1, 0.15) is 5.56 Å². The highest BCUT2D eigenvalue weighted by atomic mass is 32.2. The number of amidine groups is 1. The van der Waals surface area contributed by atoms with Crippen molar-refractivity contribution < 1.29 is 5.21 Å². The Morgan fingerprint density at radius 3 is 2.52 bits per heavy atom. The van der Waals surface area contributed by atoms with Gasteiger partial charge in [0.2, 0.25) is 0 Å². The average molecular weight is 295 g/mol. The van der Waals surface area contributed by atoms with Crippen LogP contribution < -0.4 is 5.73 Å². The SMILES string of the molecule is NC(=NO)c1cc2ccccc2nc1Sc1ccccc1. The second-order valence-corrected chi connectivity index (χ2v) is 5.50. The summed E-state index contributed by atoms with van der Waals surface area (Å²) in [5, 5.41) is 13.8. The van der Waals surface area contributed by atoms with E-state index in [2.05, 4.69) is 10.1 Å². The first kappa shape index (κ1) is 13.5. The molecule has 0 unspecified atom stereocenters. The van der Waals surface area contributed by atoms with Crippen molar-refractivity contribution in [3.63, 3.8) is 0 Å². The van der Waals surface area contributed by atoms with Gasteiger partial charge < -0.3 is 10.9 Å². The number of oxime groups is 1. The molecule has 4 nitrogen and oxygen atoms in total. The fourth-order valence-corrected chi connectivity index (χ4v) is 2.95. The van der Waals surface area contributed by atoms with Crippen LogP contribution in [0.3, 0.4) is 0 Å². The van der Waals surface area contributed by atoms with E-state index < -0.39 is 0 Å². The predicted molar refractivity (Wildman–Crippen MR) is 84.8 cm³/mol. The fraction of sp³-hybridized carbons (Fsp3) is 0. The lowest BCUT2D eigenvalue weighted by atomic mass is 10.1. The van der Waals surface area contributed by atoms with E-state index in [9.17, 15) is 0 Å². The van der Waals surface area contributed by atoms with E-state index in [4.69, 9.17) is 10.9 Å². The molecule has 21 heavy (non-hydrogen) atoms. The van der Waals surface area contributed by atoms with Gasteiger partial charge in [-0.2, -0.15) is 0 Å². The van der Waals surface area contributed by atoms with Crippen LogP contribution in [-0.4, -0.2) is 16.0 Å². The third-order valence-electron chi connectivity index (χ3n) is 3.03. The van der Waals surface area contributed by atoms with Crippen molar-refractivity contribution in [1.29, 1.82) is 0 Å². The van der Waals surface area contributed by atoms with Crippen LogP contribution in [0.2, 0.25) is 0 Å². The number of hydrogen-bond acceptors (Lipinski definition) is 4. The lowest BCUT2D eigenvalue weighted by molar-refractivity contribution is 0.318. The summed E-state index contributed by atoms with van der Waals surface area (Å²) in [5.41, 5.74) is 7.30. The van der Waals surface area contributed by atoms with Crippen molar-refractivity contribution in [2.24, 2.45) is 10.9 Å². The maximum atomic E-state index is 8.98. The number of nitrogens with zero attached hydrogens (tertiary/aromatic N) is 2. The molecule has 0 spiro atoms. The van der Waals surface area contributed by atoms with Gasteiger partial charge in [0.15, 0.2) is 5.84 Å². The average Bonchev–Trinajstić information content (AvgIpc) is 2.54. The normalized spacial score (nSPS) is 11.7. The van der Waals surface area contributed by atoms with Crippen LogP contribution in [0.25, 0.3) is 10.9 Å². The van der Waals surface area contributed by atoms with Crippen molar-refractivity contribution in [2.75, 3.05) is 0 Å². The Morgan fingerprint density at radius 2 is 1.76 bits per heavy atom. The molecule has 0 atom stereocenters. The molecule has 0 saturated heterocycles. The summed E-state index contributed by atoms with van der Waals surface area (Å²) in [6, 6.07) is 19.5. The van der Waals surface area contributed by atoms with Gasteiger partial charge in [0.05, 0.1) is 11.1 Å². The maximum absolute atomic E-state index is 8.98. The Hall–Kier alpha value is -2.53. The Morgan fingerprint density at radius 1 is 1.05 bits per heavy atom. The molecule has 1 aromatic heterocycles. The highest BCUT2D eigenvalue weighted by molar-refractivity contribution is 7.99. The van der Waals surface area contributed by atoms with Gasteiger partial charge in [0.1, 0.15) is 5.03 Å². The quantitative estimate of drug-likeness (QED) is 0.336. The summed E-state index contributed by atoms with van der Waals surface area (Å²) in [6.45, 7) is 0. The molecule has 0 bridgehead atoms. The molecule has 0 amide bonds. The predicted octanol–water partition coefficient (Wildman–Crippen LogP) is 3.48. The van der Waals surface area contributed by atoms with Crippen LogP contribution in [-0.2, 0) is 0 Å². The first-order valence-corrected chi connectivity index (χ1v) is 7.20. The maximum Gasteiger partial charge on any atom is 0.172 e. The molecule has 3 aromatic rings. The molecule has 1 heterocycles. The van der Waals surface area contributed by atoms with E-state index in [1.165, 1.54) is 11.8 Å². The molecule has 3 N–H and O–H groups in total. The second-order valence-electron chi connectivity index (χ2n) is 4.43. The Bertz CT molecular complexity index is 803. The zero-order chi connectivity index (χ0) is 14.7. The van der Waals surface area contributed by atoms with Gasteiger partial charge in [0, 0.05) is 10.3 Å². The van der Waals surface area contributed by atoms with E-state index in [-0.39, 0.29) is 5.84 Å². The number of rotatable bonds is 3. The fourth-order valence-electron chi connectivity index (χ4n) is 2.01. The minimum absolute atomic E-state index is 0.0617. The van der Waals surface area contributed by atoms with Gasteiger partial charge in [-0.05, 0) is 24.3 Å². The molecule has 0 aliphatic rings. The van der Waals surface area contributed by atoms with Gasteiger partial charge in [-0.25, -0.2) is 4.98 Å². The van der Waals surface area contributed by atoms with Gasteiger partial charge >= 0.3 is 0 Å². The van der Waals surface area contributed by atoms with Crippen LogP contribution in [0.15, 0.2) is 75.7 Å². The van der Waals surface area contributed by atoms with E-state index in [0.29, 0.717) is 5.56 Å². The van der Waals surface area contributed by atoms with Gasteiger partial charge in [-0.3, -0.25) is 0 Å². The van der Waals surface area contributed by atoms with Gasteiger partial charge in [0.25, 0.3) is 0 Å². The molecule has 104 valence electrons. The molecule has 2 aromatic carbocycles. The van der Waals surface area contributed by atoms with E-state index in [1.54, 1.807) is 0 Å². The van der Waals surface area contributed by atoms with E-state index in [1.807, 2.05) is 60.7 Å². The van der Waals surface area contributed by atoms with E-state index in [0.717, 1.165) is 20.8 Å². The Balaban J connectivity index is 2.14. The smallest absolute Gasteiger partial charge is 0.172 e. The highest BCUT2D eigenvalue weighted by Gasteiger charge is 2.12. The molecular formula is C16H13N3OS. The van der Waals surface area contributed by atoms with Crippen LogP contribution in [0.5, 0.6) is 0 Å². The monoisotopic (exact) mass is 295 g/mol. The van der Waals surface area contributed by atoms with Crippen LogP contribution in [0.4, 0.5) is 0 Å². The van der Waals surface area contributed by atoms with Gasteiger partial charge in [-0.1, -0.05) is 53.3 Å². The summed E-state index contributed by atoms with van der Waals surface area (Å²) >= 11 is 1.49. The third-order valence-corrected chi connectivity index (χ3v) is 4.04. The van der Waals surface area contributed by atoms with Crippen molar-refractivity contribution in [2.45, 2.75) is 9.92 Å². The molecule has 3 rings (SSSR count). The minimum atomic E-state index is 0.0617. The van der Waals surface area contributed by atoms with Crippen LogP contribution >= 0.6 is 11.8 Å². The summed E-state index contributed by atoms with van der Waals surface area (Å²) in [5.74, 6) is 0.0617. The Kier molecular flexibility index (Phi) is 3.75. The molecule has 0 aliphatic carbocycles. The van der Waals surface area contributed by atoms with Crippen LogP contribution in [0, 0.1) is 0 Å². The zero-order valence-corrected chi connectivity index (χ0v) is 11.9. The summed E-state index contributed by atoms with van der Waals surface area (Å²) < 4.78 is 0. The molecule has 0 radical (unpaired) electrons. The van der Waals surface area contributed by atoms with Gasteiger partial charge in [-0.15, -0.1) is 0 Å². The molecule has 0 aliphatic heterocycles. The molecule has 0 fully saturated rings. The summed E-state index contributed by atoms with van der Waals surface area (Å²) in [6.07, 6.45) is 0. The zero-order valence-electron chi connectivity index (χ0n) is 11.1. The van der Waals surface area contributed by atoms with Crippen molar-refractivity contribution in [3.8, 4) is 0 Å². The number of nitrogens with two attached hydrogens (primary N) is 1. The second kappa shape index (κ2) is 5.85. The number of para-hydroxylation sites is 1. The lowest BCUT2D eigenvalue weighted by Gasteiger charge is -2.09. The number of benzene rings is 2. The van der Waals surface area contributed by atoms with Crippen molar-refractivity contribution in [3.05, 3.63) is 66.2 Å². The third kappa shape index (κ3) is 2.83. The minimum Gasteiger partial charge on any atom is -0.409 e. The first-order chi connectivity index (χ1) is 10.3. The molecule has 0 saturated carbocycles. The molecular weight excluding hydrogens is 282 g/mol. The number of aromatic nitrogens is 1. The van der Waals surface area contributed by atoms with E-state index >= 15 is 0 Å². The summed E-state index contributed by atoms with van der Waals surface area (Å²) in [4.78, 5) is 5.68. The molecule has 5 heteroatoms. The Labute approximate surface area is 126 Å². The lowest BCUT2D eigenvalue weighted by Crippen LogP contribution is -2.15. The van der Waals surface area contributed by atoms with Crippen molar-refractivity contribution in [1.82, 2.24) is 4.98 Å². The highest BCUT2D eigenvalue weighted by Crippen LogP contribution is 2.30. The number of hydrogen-bond donors (Lipinski definition) is 2. The standard InChI is InChI=1S/C16H13N3OS/c17-15(19-20)13-10-11-6-4-5-9-14(11)18-16(13)21-12-7-2-1-3-8-12/h1-10,20H,(H2,17,19). The number of fused-ring (bicyclic) bond motifs is 1. The topological polar surface area (TPSA) is 71.5 Å². The van der Waals surface area contributed by atoms with Crippen molar-refractivity contribution >= 4 is 28.5 Å². The largest absolute Gasteiger partial charge is 0.409 e.